The summed E-state index contributed by atoms with van der Waals surface area (Å²) in [6, 6.07) is 28.4. The first-order chi connectivity index (χ1) is 50.1. The monoisotopic (exact) mass is 1440 g/mol. The normalized spacial score (nSPS) is 12.8. The fourth-order valence-corrected chi connectivity index (χ4v) is 7.34. The molecule has 3 aliphatic carbocycles. The van der Waals surface area contributed by atoms with Crippen LogP contribution < -0.4 is 16.0 Å². The average molecular weight is 1440 g/mol. The van der Waals surface area contributed by atoms with Gasteiger partial charge in [-0.3, -0.25) is 20.1 Å². The molecule has 2 aromatic carbocycles. The molecule has 4 aromatic heterocycles. The van der Waals surface area contributed by atoms with E-state index in [1.54, 1.807) is 61.5 Å². The van der Waals surface area contributed by atoms with E-state index < -0.39 is 6.29 Å². The molecule has 101 heavy (non-hydrogen) atoms. The number of H-pyrrole nitrogens is 2. The Balaban J connectivity index is -0.000000109. The third-order valence-electron chi connectivity index (χ3n) is 10.6. The number of hydrogen-bond donors (Lipinski definition) is 5. The number of alkyl halides is 2. The number of nitrogens with zero attached hydrogens (tertiary/aromatic N) is 5. The van der Waals surface area contributed by atoms with Crippen molar-refractivity contribution in [1.29, 1.82) is 0 Å². The molecule has 0 atom stereocenters. The van der Waals surface area contributed by atoms with Crippen LogP contribution in [0.5, 0.6) is 0 Å². The second-order valence-electron chi connectivity index (χ2n) is 16.6. The second-order valence-corrected chi connectivity index (χ2v) is 17.6. The number of benzene rings is 2. The van der Waals surface area contributed by atoms with Gasteiger partial charge in [0.05, 0.1) is 19.1 Å². The Labute approximate surface area is 625 Å². The highest BCUT2D eigenvalue weighted by Crippen LogP contribution is 2.22. The number of aromatic nitrogens is 7. The SMILES string of the molecule is C1=CNCC1.C1=COCCC1.C1=COCCN1.C1=CSCCN1.C1=Cc2ccccc2C1.C1CCCCC1.CC.CC.CC.CC.CC.CC.CC.CC.CC.CC.CC.CC.FC1(F)OC=CO1.c1cc2c([nH]1)CCCC2.c1ccccc1.c1ccncc1.c1cnccn1.c1nc[nH]n1. The maximum Gasteiger partial charge on any atom is 0.585 e. The van der Waals surface area contributed by atoms with Crippen molar-refractivity contribution in [3.63, 3.8) is 0 Å². The van der Waals surface area contributed by atoms with Gasteiger partial charge in [-0.2, -0.15) is 5.10 Å². The van der Waals surface area contributed by atoms with Crippen LogP contribution in [0.2, 0.25) is 0 Å². The Kier molecular flexibility index (Phi) is 135. The lowest BCUT2D eigenvalue weighted by Gasteiger charge is -2.08. The lowest BCUT2D eigenvalue weighted by molar-refractivity contribution is -0.329. The molecule has 8 aliphatic rings. The number of halogens is 2. The van der Waals surface area contributed by atoms with Crippen LogP contribution >= 0.6 is 11.8 Å². The number of thioether (sulfide) groups is 1. The van der Waals surface area contributed by atoms with Gasteiger partial charge in [-0.1, -0.05) is 290 Å². The number of nitrogens with one attached hydrogen (secondary N) is 5. The van der Waals surface area contributed by atoms with E-state index in [0.717, 1.165) is 51.8 Å². The number of pyridine rings is 1. The zero-order chi connectivity index (χ0) is 78.3. The van der Waals surface area contributed by atoms with Crippen LogP contribution in [0.3, 0.4) is 0 Å². The summed E-state index contributed by atoms with van der Waals surface area (Å²) in [6.07, 6.45) is 50.0. The van der Waals surface area contributed by atoms with Gasteiger partial charge in [0.1, 0.15) is 31.8 Å². The minimum absolute atomic E-state index is 0.792. The Hall–Kier alpha value is -7.66. The van der Waals surface area contributed by atoms with Gasteiger partial charge in [0, 0.05) is 86.9 Å². The van der Waals surface area contributed by atoms with E-state index in [0.29, 0.717) is 0 Å². The number of hydrogen-bond acceptors (Lipinski definition) is 13. The molecular formula is C84H152F2N10O4S. The van der Waals surface area contributed by atoms with Crippen LogP contribution in [0.4, 0.5) is 8.78 Å². The zero-order valence-electron chi connectivity index (χ0n) is 68.4. The minimum Gasteiger partial charge on any atom is -0.502 e. The summed E-state index contributed by atoms with van der Waals surface area (Å²) in [4.78, 5) is 18.0. The topological polar surface area (TPSA) is 169 Å². The van der Waals surface area contributed by atoms with Gasteiger partial charge in [-0.05, 0) is 104 Å². The summed E-state index contributed by atoms with van der Waals surface area (Å²) in [7, 11) is 0. The molecule has 6 aromatic rings. The van der Waals surface area contributed by atoms with Crippen LogP contribution in [-0.4, -0.2) is 80.0 Å². The fraction of sp³-hybridized carbons (Fsp3) is 0.536. The number of aryl methyl sites for hydroxylation is 2. The highest BCUT2D eigenvalue weighted by Gasteiger charge is 2.35. The fourth-order valence-electron chi connectivity index (χ4n) is 6.77. The van der Waals surface area contributed by atoms with E-state index in [1.807, 2.05) is 251 Å². The van der Waals surface area contributed by atoms with Crippen LogP contribution in [0, 0.1) is 0 Å². The van der Waals surface area contributed by atoms with Gasteiger partial charge >= 0.3 is 6.29 Å². The average Bonchev–Trinajstić information content (AvgIpc) is 1.78. The first-order valence-electron chi connectivity index (χ1n) is 38.4. The van der Waals surface area contributed by atoms with E-state index in [2.05, 4.69) is 121 Å². The van der Waals surface area contributed by atoms with Crippen molar-refractivity contribution in [2.75, 3.05) is 38.6 Å². The quantitative estimate of drug-likeness (QED) is 0.0975. The Morgan fingerprint density at radius 2 is 0.911 bits per heavy atom. The van der Waals surface area contributed by atoms with Crippen LogP contribution in [0.25, 0.3) is 6.08 Å². The predicted molar refractivity (Wildman–Crippen MR) is 445 cm³/mol. The summed E-state index contributed by atoms with van der Waals surface area (Å²) in [5.41, 5.74) is 5.86. The molecule has 1 saturated carbocycles. The molecule has 0 amide bonds. The molecule has 9 heterocycles. The van der Waals surface area contributed by atoms with Gasteiger partial charge in [-0.15, -0.1) is 20.5 Å². The predicted octanol–water partition coefficient (Wildman–Crippen LogP) is 25.6. The van der Waals surface area contributed by atoms with Crippen LogP contribution in [0.1, 0.15) is 259 Å². The Bertz CT molecular complexity index is 2070. The van der Waals surface area contributed by atoms with Gasteiger partial charge in [-0.25, -0.2) is 4.98 Å². The van der Waals surface area contributed by atoms with Gasteiger partial charge in [0.15, 0.2) is 0 Å². The number of aromatic amines is 2. The number of rotatable bonds is 0. The van der Waals surface area contributed by atoms with Gasteiger partial charge in [0.2, 0.25) is 0 Å². The summed E-state index contributed by atoms with van der Waals surface area (Å²) in [6.45, 7) is 52.9. The second kappa shape index (κ2) is 119. The lowest BCUT2D eigenvalue weighted by Crippen LogP contribution is -2.16. The van der Waals surface area contributed by atoms with E-state index in [-0.39, 0.29) is 0 Å². The van der Waals surface area contributed by atoms with Crippen molar-refractivity contribution in [3.05, 3.63) is 231 Å². The maximum atomic E-state index is 11.4. The Morgan fingerprint density at radius 3 is 1.17 bits per heavy atom. The van der Waals surface area contributed by atoms with Crippen molar-refractivity contribution in [3.8, 4) is 0 Å². The molecule has 5 aliphatic heterocycles. The molecule has 0 bridgehead atoms. The maximum absolute atomic E-state index is 11.4. The summed E-state index contributed by atoms with van der Waals surface area (Å²) < 4.78 is 39.8. The molecule has 0 saturated heterocycles. The lowest BCUT2D eigenvalue weighted by atomic mass is 9.98. The first-order valence-corrected chi connectivity index (χ1v) is 39.5. The first kappa shape index (κ1) is 115. The van der Waals surface area contributed by atoms with Crippen molar-refractivity contribution < 1.29 is 27.7 Å². The molecule has 0 unspecified atom stereocenters. The summed E-state index contributed by atoms with van der Waals surface area (Å²) in [5, 5.41) is 17.2. The van der Waals surface area contributed by atoms with Crippen LogP contribution in [0.15, 0.2) is 208 Å². The third kappa shape index (κ3) is 98.8. The van der Waals surface area contributed by atoms with Crippen LogP contribution in [-0.2, 0) is 38.2 Å². The molecule has 582 valence electrons. The highest BCUT2D eigenvalue weighted by atomic mass is 32.2. The molecule has 0 radical (unpaired) electrons. The molecule has 0 spiro atoms. The summed E-state index contributed by atoms with van der Waals surface area (Å²) >= 11 is 1.85. The van der Waals surface area contributed by atoms with Crippen molar-refractivity contribution in [2.24, 2.45) is 0 Å². The molecule has 5 N–H and O–H groups in total. The molecule has 17 heteroatoms. The largest absolute Gasteiger partial charge is 0.585 e. The van der Waals surface area contributed by atoms with Gasteiger partial charge in [0.25, 0.3) is 0 Å². The summed E-state index contributed by atoms with van der Waals surface area (Å²) in [5.74, 6) is 1.22. The highest BCUT2D eigenvalue weighted by molar-refractivity contribution is 8.02. The van der Waals surface area contributed by atoms with Crippen molar-refractivity contribution >= 4 is 17.8 Å². The van der Waals surface area contributed by atoms with Crippen molar-refractivity contribution in [1.82, 2.24) is 51.1 Å². The smallest absolute Gasteiger partial charge is 0.502 e. The molecular weight excluding hydrogens is 1280 g/mol. The number of ether oxygens (including phenoxy) is 4. The molecule has 14 rings (SSSR count). The standard InChI is InChI=1S/C9H8.C8H11N.C6H12.C6H6.C5H5N.C5H8O.C4H4N2.C4H7NO.C4H7NS.C4H7N.C3H2F2O2.C2H3N3.12C2H6/c1-2-5-9-7-3-6-8(9)4-1;1-2-4-8-7(3-1)5-6-9-8;4*1-2-4-6-5-3-1;1-2-6-4-3-5-1;2*1-3-6-4-2-5-1;1-2-4-5-3-1;4-3(5)6-1-2-7-3;1-3-2-5-4-1;12*1-2/h1-6H,7H2;5-6,9H,1-4H2;1-6H2;1-6H;1-5H;2,4H,1,3,5H2;1-4H;2*1,3,5H,2,4H2;1,3,5H,2,4H2;1-2H;1-2H,(H,3,4,5);12*1-2H3. The number of fused-ring (bicyclic) bond motifs is 2. The third-order valence-corrected chi connectivity index (χ3v) is 11.3. The molecule has 14 nitrogen and oxygen atoms in total. The van der Waals surface area contributed by atoms with Gasteiger partial charge < -0.3 is 39.9 Å². The minimum atomic E-state index is -3.42. The van der Waals surface area contributed by atoms with E-state index in [9.17, 15) is 8.78 Å². The zero-order valence-corrected chi connectivity index (χ0v) is 69.2. The van der Waals surface area contributed by atoms with E-state index >= 15 is 0 Å². The Morgan fingerprint density at radius 1 is 0.416 bits per heavy atom. The molecule has 1 fully saturated rings. The van der Waals surface area contributed by atoms with Crippen molar-refractivity contribution in [2.45, 2.75) is 262 Å². The number of allylic oxidation sites excluding steroid dienone is 2. The van der Waals surface area contributed by atoms with E-state index in [4.69, 9.17) is 9.47 Å². The van der Waals surface area contributed by atoms with E-state index in [1.165, 1.54) is 119 Å².